The molecule has 1 unspecified atom stereocenters. The van der Waals surface area contributed by atoms with E-state index in [2.05, 4.69) is 14.8 Å². The lowest BCUT2D eigenvalue weighted by Crippen LogP contribution is -2.33. The molecular formula is C13H16N2O6S. The molecule has 0 radical (unpaired) electrons. The van der Waals surface area contributed by atoms with Crippen LogP contribution in [-0.4, -0.2) is 28.8 Å². The third-order valence-electron chi connectivity index (χ3n) is 3.30. The number of amides is 1. The van der Waals surface area contributed by atoms with Crippen molar-refractivity contribution < 1.29 is 29.3 Å². The van der Waals surface area contributed by atoms with Gasteiger partial charge in [-0.05, 0) is 31.5 Å². The molecule has 2 rings (SSSR count). The molecule has 1 atom stereocenters. The van der Waals surface area contributed by atoms with Gasteiger partial charge in [0.2, 0.25) is 5.91 Å². The summed E-state index contributed by atoms with van der Waals surface area (Å²) in [6, 6.07) is 6.62. The average Bonchev–Trinajstić information content (AvgIpc) is 2.73. The van der Waals surface area contributed by atoms with E-state index in [-0.39, 0.29) is 5.91 Å². The second kappa shape index (κ2) is 6.53. The van der Waals surface area contributed by atoms with Crippen LogP contribution in [0.3, 0.4) is 0 Å². The zero-order chi connectivity index (χ0) is 16.3. The Morgan fingerprint density at radius 3 is 2.50 bits per heavy atom. The number of anilines is 1. The van der Waals surface area contributed by atoms with E-state index in [1.54, 1.807) is 29.3 Å². The highest BCUT2D eigenvalue weighted by Gasteiger charge is 2.38. The van der Waals surface area contributed by atoms with E-state index in [4.69, 9.17) is 10.4 Å². The van der Waals surface area contributed by atoms with Crippen LogP contribution in [0.15, 0.2) is 24.3 Å². The summed E-state index contributed by atoms with van der Waals surface area (Å²) < 4.78 is 4.21. The topological polar surface area (TPSA) is 108 Å². The predicted octanol–water partition coefficient (Wildman–Crippen LogP) is 1.76. The molecule has 1 aromatic rings. The van der Waals surface area contributed by atoms with Crippen LogP contribution in [0.5, 0.6) is 0 Å². The Labute approximate surface area is 131 Å². The Hall–Kier alpha value is -1.81. The molecule has 0 aromatic heterocycles. The number of hydrogen-bond donors (Lipinski definition) is 3. The van der Waals surface area contributed by atoms with Gasteiger partial charge in [0.05, 0.1) is 29.7 Å². The summed E-state index contributed by atoms with van der Waals surface area (Å²) in [6.07, 6.45) is 0. The molecule has 8 nitrogen and oxygen atoms in total. The lowest BCUT2D eigenvalue weighted by atomic mass is 9.94. The fraction of sp³-hybridized carbons (Fsp3) is 0.385. The zero-order valence-corrected chi connectivity index (χ0v) is 12.8. The molecule has 9 heteroatoms. The normalized spacial score (nSPS) is 18.1. The predicted molar refractivity (Wildman–Crippen MR) is 78.5 cm³/mol. The van der Waals surface area contributed by atoms with Gasteiger partial charge >= 0.3 is 5.97 Å². The van der Waals surface area contributed by atoms with Crippen molar-refractivity contribution in [3.05, 3.63) is 29.8 Å². The largest absolute Gasteiger partial charge is 0.480 e. The van der Waals surface area contributed by atoms with Gasteiger partial charge in [0.1, 0.15) is 0 Å². The van der Waals surface area contributed by atoms with Crippen molar-refractivity contribution in [1.29, 1.82) is 0 Å². The molecule has 0 bridgehead atoms. The maximum atomic E-state index is 11.8. The number of benzene rings is 1. The van der Waals surface area contributed by atoms with Gasteiger partial charge in [0.25, 0.3) is 0 Å². The monoisotopic (exact) mass is 328 g/mol. The molecule has 1 fully saturated rings. The summed E-state index contributed by atoms with van der Waals surface area (Å²) >= 11 is 0.466. The first-order valence-corrected chi connectivity index (χ1v) is 7.20. The first kappa shape index (κ1) is 16.6. The summed E-state index contributed by atoms with van der Waals surface area (Å²) in [4.78, 5) is 22.9. The molecule has 0 spiro atoms. The Kier molecular flexibility index (Phi) is 4.91. The molecule has 1 heterocycles. The van der Waals surface area contributed by atoms with Crippen LogP contribution in [0.25, 0.3) is 0 Å². The summed E-state index contributed by atoms with van der Waals surface area (Å²) in [5.74, 6) is -1.20. The average molecular weight is 328 g/mol. The van der Waals surface area contributed by atoms with Gasteiger partial charge in [-0.1, -0.05) is 17.2 Å². The van der Waals surface area contributed by atoms with E-state index in [1.165, 1.54) is 0 Å². The van der Waals surface area contributed by atoms with Gasteiger partial charge in [-0.3, -0.25) is 20.0 Å². The third-order valence-corrected chi connectivity index (χ3v) is 4.11. The van der Waals surface area contributed by atoms with Gasteiger partial charge in [-0.15, -0.1) is 4.33 Å². The van der Waals surface area contributed by atoms with Crippen molar-refractivity contribution in [2.75, 3.05) is 11.6 Å². The minimum Gasteiger partial charge on any atom is -0.480 e. The molecule has 1 aliphatic heterocycles. The number of carbonyl (C=O) groups is 2. The number of hydrazine groups is 1. The number of aliphatic carboxylic acids is 1. The molecule has 1 amide bonds. The maximum Gasteiger partial charge on any atom is 0.323 e. The molecule has 120 valence electrons. The second-order valence-electron chi connectivity index (χ2n) is 5.46. The molecular weight excluding hydrogens is 312 g/mol. The highest BCUT2D eigenvalue weighted by atomic mass is 32.2. The van der Waals surface area contributed by atoms with Crippen molar-refractivity contribution in [2.45, 2.75) is 19.1 Å². The van der Waals surface area contributed by atoms with E-state index >= 15 is 0 Å². The molecule has 3 N–H and O–H groups in total. The molecule has 0 aliphatic carbocycles. The van der Waals surface area contributed by atoms with Gasteiger partial charge < -0.3 is 5.11 Å². The number of nitrogens with one attached hydrogen (secondary N) is 1. The number of carbonyl (C=O) groups excluding carboxylic acids is 1. The van der Waals surface area contributed by atoms with Crippen molar-refractivity contribution in [3.8, 4) is 0 Å². The SMILES string of the molecule is CC1(C)CN(c2ccc(C(SOOO)C(=O)O)cc2)NC1=O. The highest BCUT2D eigenvalue weighted by molar-refractivity contribution is 7.95. The van der Waals surface area contributed by atoms with E-state index in [1.807, 2.05) is 13.8 Å². The van der Waals surface area contributed by atoms with Gasteiger partial charge in [0.15, 0.2) is 5.25 Å². The fourth-order valence-electron chi connectivity index (χ4n) is 2.06. The number of hydrogen-bond acceptors (Lipinski definition) is 7. The van der Waals surface area contributed by atoms with Gasteiger partial charge in [0, 0.05) is 0 Å². The Bertz CT molecular complexity index is 562. The number of carboxylic acids is 1. The minimum atomic E-state index is -1.13. The zero-order valence-electron chi connectivity index (χ0n) is 12.0. The van der Waals surface area contributed by atoms with E-state index in [0.29, 0.717) is 24.2 Å². The Morgan fingerprint density at radius 2 is 2.05 bits per heavy atom. The number of carboxylic acid groups (broad SMARTS) is 1. The smallest absolute Gasteiger partial charge is 0.323 e. The summed E-state index contributed by atoms with van der Waals surface area (Å²) in [7, 11) is 0. The summed E-state index contributed by atoms with van der Waals surface area (Å²) in [5, 5.41) is 21.3. The molecule has 0 saturated carbocycles. The van der Waals surface area contributed by atoms with Crippen molar-refractivity contribution >= 4 is 29.6 Å². The summed E-state index contributed by atoms with van der Waals surface area (Å²) in [6.45, 7) is 4.21. The van der Waals surface area contributed by atoms with Crippen molar-refractivity contribution in [3.63, 3.8) is 0 Å². The number of rotatable bonds is 6. The lowest BCUT2D eigenvalue weighted by molar-refractivity contribution is -0.432. The minimum absolute atomic E-state index is 0.0657. The van der Waals surface area contributed by atoms with Crippen LogP contribution in [0.1, 0.15) is 24.7 Å². The molecule has 22 heavy (non-hydrogen) atoms. The Balaban J connectivity index is 2.13. The molecule has 1 aliphatic rings. The first-order valence-electron chi connectivity index (χ1n) is 6.40. The number of nitrogens with zero attached hydrogens (tertiary/aromatic N) is 1. The standard InChI is InChI=1S/C13H16N2O6S/c1-13(2)7-15(14-12(13)18)9-5-3-8(4-6-9)10(11(16)17)22-21-20-19/h3-6,10,19H,7H2,1-2H3,(H,14,18)(H,16,17). The quantitative estimate of drug-likeness (QED) is 0.412. The van der Waals surface area contributed by atoms with Gasteiger partial charge in [-0.2, -0.15) is 0 Å². The van der Waals surface area contributed by atoms with Crippen molar-refractivity contribution in [1.82, 2.24) is 5.43 Å². The van der Waals surface area contributed by atoms with Gasteiger partial charge in [-0.25, -0.2) is 5.26 Å². The van der Waals surface area contributed by atoms with Crippen LogP contribution in [0.2, 0.25) is 0 Å². The lowest BCUT2D eigenvalue weighted by Gasteiger charge is -2.19. The second-order valence-corrected chi connectivity index (χ2v) is 6.26. The van der Waals surface area contributed by atoms with Crippen LogP contribution < -0.4 is 10.4 Å². The Morgan fingerprint density at radius 1 is 1.41 bits per heavy atom. The maximum absolute atomic E-state index is 11.8. The van der Waals surface area contributed by atoms with Crippen LogP contribution in [-0.2, 0) is 19.0 Å². The van der Waals surface area contributed by atoms with Crippen LogP contribution >= 0.6 is 12.0 Å². The third kappa shape index (κ3) is 3.50. The van der Waals surface area contributed by atoms with Crippen molar-refractivity contribution in [2.24, 2.45) is 5.41 Å². The van der Waals surface area contributed by atoms with E-state index in [0.717, 1.165) is 5.69 Å². The first-order chi connectivity index (χ1) is 10.3. The van der Waals surface area contributed by atoms with Crippen LogP contribution in [0.4, 0.5) is 5.69 Å². The highest BCUT2D eigenvalue weighted by Crippen LogP contribution is 2.32. The van der Waals surface area contributed by atoms with E-state index in [9.17, 15) is 9.59 Å². The summed E-state index contributed by atoms with van der Waals surface area (Å²) in [5.41, 5.74) is 3.49. The van der Waals surface area contributed by atoms with Crippen LogP contribution in [0, 0.1) is 5.41 Å². The fourth-order valence-corrected chi connectivity index (χ4v) is 2.53. The van der Waals surface area contributed by atoms with E-state index < -0.39 is 16.6 Å². The molecule has 1 saturated heterocycles. The molecule has 1 aromatic carbocycles.